The summed E-state index contributed by atoms with van der Waals surface area (Å²) in [5.41, 5.74) is 1.52. The van der Waals surface area contributed by atoms with Gasteiger partial charge in [-0.25, -0.2) is 4.79 Å². The number of hydrogen-bond donors (Lipinski definition) is 1. The number of nitrogens with one attached hydrogen (secondary N) is 1. The normalized spacial score (nSPS) is 19.0. The second-order valence-electron chi connectivity index (χ2n) is 4.01. The molecule has 0 aliphatic carbocycles. The van der Waals surface area contributed by atoms with E-state index < -0.39 is 0 Å². The average Bonchev–Trinajstić information content (AvgIpc) is 2.82. The lowest BCUT2D eigenvalue weighted by Crippen LogP contribution is -2.19. The van der Waals surface area contributed by atoms with Crippen LogP contribution in [0.15, 0.2) is 24.3 Å². The molecule has 1 heterocycles. The smallest absolute Gasteiger partial charge is 0.338 e. The standard InChI is InChI=1S/C13H17NO3/c1-2-17-13(15)10-4-3-5-11(8-10)14-12-6-7-16-9-12/h3-5,8,12,14H,2,6-7,9H2,1H3. The zero-order valence-corrected chi connectivity index (χ0v) is 9.94. The molecule has 1 aromatic rings. The van der Waals surface area contributed by atoms with Crippen LogP contribution in [0.3, 0.4) is 0 Å². The largest absolute Gasteiger partial charge is 0.462 e. The van der Waals surface area contributed by atoms with Crippen molar-refractivity contribution in [3.63, 3.8) is 0 Å². The lowest BCUT2D eigenvalue weighted by molar-refractivity contribution is 0.0526. The van der Waals surface area contributed by atoms with Crippen molar-refractivity contribution in [3.8, 4) is 0 Å². The number of carbonyl (C=O) groups is 1. The molecule has 0 spiro atoms. The van der Waals surface area contributed by atoms with Crippen LogP contribution < -0.4 is 5.32 Å². The van der Waals surface area contributed by atoms with Crippen molar-refractivity contribution in [2.45, 2.75) is 19.4 Å². The summed E-state index contributed by atoms with van der Waals surface area (Å²) >= 11 is 0. The maximum absolute atomic E-state index is 11.6. The molecule has 1 aromatic carbocycles. The summed E-state index contributed by atoms with van der Waals surface area (Å²) in [6.45, 7) is 3.72. The molecule has 2 rings (SSSR count). The Morgan fingerprint density at radius 3 is 3.18 bits per heavy atom. The average molecular weight is 235 g/mol. The fourth-order valence-electron chi connectivity index (χ4n) is 1.83. The summed E-state index contributed by atoms with van der Waals surface area (Å²) < 4.78 is 10.3. The fourth-order valence-corrected chi connectivity index (χ4v) is 1.83. The SMILES string of the molecule is CCOC(=O)c1cccc(NC2CCOC2)c1. The van der Waals surface area contributed by atoms with Gasteiger partial charge in [0.25, 0.3) is 0 Å². The van der Waals surface area contributed by atoms with Gasteiger partial charge in [0.1, 0.15) is 0 Å². The Labute approximate surface area is 101 Å². The Balaban J connectivity index is 2.02. The molecule has 1 N–H and O–H groups in total. The quantitative estimate of drug-likeness (QED) is 0.811. The van der Waals surface area contributed by atoms with E-state index in [0.717, 1.165) is 25.3 Å². The van der Waals surface area contributed by atoms with Gasteiger partial charge in [0.05, 0.1) is 24.8 Å². The fraction of sp³-hybridized carbons (Fsp3) is 0.462. The van der Waals surface area contributed by atoms with Crippen LogP contribution in [0.5, 0.6) is 0 Å². The molecule has 1 fully saturated rings. The van der Waals surface area contributed by atoms with E-state index in [-0.39, 0.29) is 5.97 Å². The molecule has 1 aliphatic rings. The molecule has 4 nitrogen and oxygen atoms in total. The van der Waals surface area contributed by atoms with Gasteiger partial charge in [-0.1, -0.05) is 6.07 Å². The molecule has 1 atom stereocenters. The maximum atomic E-state index is 11.6. The Hall–Kier alpha value is -1.55. The third-order valence-electron chi connectivity index (χ3n) is 2.67. The lowest BCUT2D eigenvalue weighted by Gasteiger charge is -2.12. The highest BCUT2D eigenvalue weighted by Crippen LogP contribution is 2.16. The van der Waals surface area contributed by atoms with Crippen LogP contribution in [0.2, 0.25) is 0 Å². The van der Waals surface area contributed by atoms with E-state index >= 15 is 0 Å². The van der Waals surface area contributed by atoms with E-state index in [0.29, 0.717) is 18.2 Å². The first kappa shape index (κ1) is 11.9. The Bertz CT molecular complexity index is 386. The van der Waals surface area contributed by atoms with Crippen molar-refractivity contribution >= 4 is 11.7 Å². The number of carbonyl (C=O) groups excluding carboxylic acids is 1. The van der Waals surface area contributed by atoms with Crippen molar-refractivity contribution in [3.05, 3.63) is 29.8 Å². The van der Waals surface area contributed by atoms with Gasteiger partial charge in [0, 0.05) is 12.3 Å². The number of esters is 1. The molecular formula is C13H17NO3. The van der Waals surface area contributed by atoms with Gasteiger partial charge in [0.2, 0.25) is 0 Å². The third kappa shape index (κ3) is 3.20. The highest BCUT2D eigenvalue weighted by Gasteiger charge is 2.15. The van der Waals surface area contributed by atoms with Crippen LogP contribution >= 0.6 is 0 Å². The highest BCUT2D eigenvalue weighted by atomic mass is 16.5. The first-order valence-corrected chi connectivity index (χ1v) is 5.91. The van der Waals surface area contributed by atoms with Crippen LogP contribution in [0.4, 0.5) is 5.69 Å². The van der Waals surface area contributed by atoms with Crippen molar-refractivity contribution in [2.24, 2.45) is 0 Å². The Kier molecular flexibility index (Phi) is 3.98. The molecule has 0 aromatic heterocycles. The third-order valence-corrected chi connectivity index (χ3v) is 2.67. The van der Waals surface area contributed by atoms with Gasteiger partial charge >= 0.3 is 5.97 Å². The van der Waals surface area contributed by atoms with Gasteiger partial charge in [-0.15, -0.1) is 0 Å². The first-order valence-electron chi connectivity index (χ1n) is 5.91. The van der Waals surface area contributed by atoms with E-state index in [4.69, 9.17) is 9.47 Å². The molecule has 0 saturated carbocycles. The second-order valence-corrected chi connectivity index (χ2v) is 4.01. The van der Waals surface area contributed by atoms with E-state index in [1.165, 1.54) is 0 Å². The van der Waals surface area contributed by atoms with Crippen molar-refractivity contribution in [1.29, 1.82) is 0 Å². The summed E-state index contributed by atoms with van der Waals surface area (Å²) in [4.78, 5) is 11.6. The summed E-state index contributed by atoms with van der Waals surface area (Å²) in [6.07, 6.45) is 1.00. The molecule has 1 saturated heterocycles. The topological polar surface area (TPSA) is 47.6 Å². The minimum absolute atomic E-state index is 0.279. The predicted molar refractivity (Wildman–Crippen MR) is 65.2 cm³/mol. The van der Waals surface area contributed by atoms with Crippen molar-refractivity contribution < 1.29 is 14.3 Å². The summed E-state index contributed by atoms with van der Waals surface area (Å²) in [7, 11) is 0. The van der Waals surface area contributed by atoms with E-state index in [2.05, 4.69) is 5.32 Å². The molecule has 17 heavy (non-hydrogen) atoms. The minimum atomic E-state index is -0.279. The van der Waals surface area contributed by atoms with Crippen LogP contribution in [-0.2, 0) is 9.47 Å². The molecule has 0 bridgehead atoms. The molecule has 1 unspecified atom stereocenters. The Morgan fingerprint density at radius 1 is 1.59 bits per heavy atom. The number of rotatable bonds is 4. The van der Waals surface area contributed by atoms with Crippen molar-refractivity contribution in [1.82, 2.24) is 0 Å². The van der Waals surface area contributed by atoms with Crippen molar-refractivity contribution in [2.75, 3.05) is 25.1 Å². The number of benzene rings is 1. The van der Waals surface area contributed by atoms with Crippen LogP contribution in [-0.4, -0.2) is 31.8 Å². The van der Waals surface area contributed by atoms with Gasteiger partial charge in [-0.05, 0) is 31.5 Å². The molecule has 1 aliphatic heterocycles. The summed E-state index contributed by atoms with van der Waals surface area (Å²) in [6, 6.07) is 7.71. The highest BCUT2D eigenvalue weighted by molar-refractivity contribution is 5.90. The summed E-state index contributed by atoms with van der Waals surface area (Å²) in [5.74, 6) is -0.279. The van der Waals surface area contributed by atoms with Gasteiger partial charge < -0.3 is 14.8 Å². The van der Waals surface area contributed by atoms with E-state index in [9.17, 15) is 4.79 Å². The maximum Gasteiger partial charge on any atom is 0.338 e. The molecular weight excluding hydrogens is 218 g/mol. The van der Waals surface area contributed by atoms with E-state index in [1.54, 1.807) is 13.0 Å². The van der Waals surface area contributed by atoms with E-state index in [1.807, 2.05) is 18.2 Å². The predicted octanol–water partition coefficient (Wildman–Crippen LogP) is 2.06. The van der Waals surface area contributed by atoms with Crippen LogP contribution in [0.25, 0.3) is 0 Å². The van der Waals surface area contributed by atoms with Gasteiger partial charge in [0.15, 0.2) is 0 Å². The molecule has 0 amide bonds. The lowest BCUT2D eigenvalue weighted by atomic mass is 10.2. The number of ether oxygens (including phenoxy) is 2. The van der Waals surface area contributed by atoms with Gasteiger partial charge in [-0.2, -0.15) is 0 Å². The number of hydrogen-bond acceptors (Lipinski definition) is 4. The summed E-state index contributed by atoms with van der Waals surface area (Å²) in [5, 5.41) is 3.35. The molecule has 4 heteroatoms. The zero-order chi connectivity index (χ0) is 12.1. The van der Waals surface area contributed by atoms with Crippen LogP contribution in [0.1, 0.15) is 23.7 Å². The number of anilines is 1. The van der Waals surface area contributed by atoms with Crippen LogP contribution in [0, 0.1) is 0 Å². The molecule has 0 radical (unpaired) electrons. The van der Waals surface area contributed by atoms with Gasteiger partial charge in [-0.3, -0.25) is 0 Å². The first-order chi connectivity index (χ1) is 8.29. The monoisotopic (exact) mass is 235 g/mol. The minimum Gasteiger partial charge on any atom is -0.462 e. The second kappa shape index (κ2) is 5.68. The molecule has 92 valence electrons. The zero-order valence-electron chi connectivity index (χ0n) is 9.94. The Morgan fingerprint density at radius 2 is 2.47 bits per heavy atom.